The number of hydrogen-bond donors (Lipinski definition) is 0. The highest BCUT2D eigenvalue weighted by atomic mass is 16.5. The Labute approximate surface area is 115 Å². The van der Waals surface area contributed by atoms with Crippen molar-refractivity contribution in [2.45, 2.75) is 51.4 Å². The molecule has 4 nitrogen and oxygen atoms in total. The summed E-state index contributed by atoms with van der Waals surface area (Å²) in [6.45, 7) is 1.26. The fourth-order valence-corrected chi connectivity index (χ4v) is 3.31. The van der Waals surface area contributed by atoms with Crippen LogP contribution in [-0.4, -0.2) is 37.0 Å². The van der Waals surface area contributed by atoms with Gasteiger partial charge in [-0.2, -0.15) is 0 Å². The Morgan fingerprint density at radius 3 is 2.58 bits per heavy atom. The molecule has 19 heavy (non-hydrogen) atoms. The highest BCUT2D eigenvalue weighted by Gasteiger charge is 2.31. The second kappa shape index (κ2) is 6.92. The van der Waals surface area contributed by atoms with E-state index in [1.807, 2.05) is 4.90 Å². The van der Waals surface area contributed by atoms with Crippen LogP contribution in [0.5, 0.6) is 0 Å². The van der Waals surface area contributed by atoms with Gasteiger partial charge in [0.1, 0.15) is 0 Å². The molecule has 0 aromatic rings. The molecule has 0 aromatic carbocycles. The fourth-order valence-electron chi connectivity index (χ4n) is 3.31. The van der Waals surface area contributed by atoms with Crippen molar-refractivity contribution >= 4 is 11.9 Å². The van der Waals surface area contributed by atoms with Crippen molar-refractivity contribution < 1.29 is 14.3 Å². The number of carbonyl (C=O) groups is 2. The Balaban J connectivity index is 1.70. The monoisotopic (exact) mass is 267 g/mol. The molecule has 0 aromatic heterocycles. The number of hydrogen-bond acceptors (Lipinski definition) is 3. The predicted molar refractivity (Wildman–Crippen MR) is 72.5 cm³/mol. The molecule has 1 aliphatic carbocycles. The van der Waals surface area contributed by atoms with Crippen molar-refractivity contribution in [1.29, 1.82) is 0 Å². The number of methoxy groups -OCH3 is 1. The third-order valence-electron chi connectivity index (χ3n) is 4.57. The van der Waals surface area contributed by atoms with Crippen molar-refractivity contribution in [3.05, 3.63) is 0 Å². The maximum atomic E-state index is 12.1. The number of carbonyl (C=O) groups excluding carboxylic acids is 2. The lowest BCUT2D eigenvalue weighted by atomic mass is 9.86. The minimum absolute atomic E-state index is 0.108. The van der Waals surface area contributed by atoms with Gasteiger partial charge in [-0.3, -0.25) is 9.59 Å². The summed E-state index contributed by atoms with van der Waals surface area (Å²) in [7, 11) is 1.41. The lowest BCUT2D eigenvalue weighted by molar-refractivity contribution is -0.145. The average Bonchev–Trinajstić information content (AvgIpc) is 2.95. The SMILES string of the molecule is COC(=O)C1CCN(C(=O)CCC2CCCCC2)C1. The smallest absolute Gasteiger partial charge is 0.310 e. The fraction of sp³-hybridized carbons (Fsp3) is 0.867. The number of esters is 1. The van der Waals surface area contributed by atoms with Crippen LogP contribution in [0, 0.1) is 11.8 Å². The number of rotatable bonds is 4. The Kier molecular flexibility index (Phi) is 5.23. The first-order chi connectivity index (χ1) is 9.20. The largest absolute Gasteiger partial charge is 0.469 e. The predicted octanol–water partition coefficient (Wildman–Crippen LogP) is 2.37. The van der Waals surface area contributed by atoms with Gasteiger partial charge in [0, 0.05) is 19.5 Å². The maximum Gasteiger partial charge on any atom is 0.310 e. The average molecular weight is 267 g/mol. The summed E-state index contributed by atoms with van der Waals surface area (Å²) < 4.78 is 4.74. The number of ether oxygens (including phenoxy) is 1. The van der Waals surface area contributed by atoms with Gasteiger partial charge in [-0.15, -0.1) is 0 Å². The van der Waals surface area contributed by atoms with E-state index in [-0.39, 0.29) is 17.8 Å². The molecule has 0 radical (unpaired) electrons. The molecule has 2 aliphatic rings. The third-order valence-corrected chi connectivity index (χ3v) is 4.57. The van der Waals surface area contributed by atoms with Crippen LogP contribution in [0.4, 0.5) is 0 Å². The lowest BCUT2D eigenvalue weighted by Crippen LogP contribution is -2.30. The molecule has 0 spiro atoms. The summed E-state index contributed by atoms with van der Waals surface area (Å²) in [5.41, 5.74) is 0. The van der Waals surface area contributed by atoms with Crippen LogP contribution < -0.4 is 0 Å². The highest BCUT2D eigenvalue weighted by Crippen LogP contribution is 2.28. The van der Waals surface area contributed by atoms with Gasteiger partial charge in [0.25, 0.3) is 0 Å². The summed E-state index contributed by atoms with van der Waals surface area (Å²) in [4.78, 5) is 25.4. The second-order valence-corrected chi connectivity index (χ2v) is 5.89. The number of nitrogens with zero attached hydrogens (tertiary/aromatic N) is 1. The van der Waals surface area contributed by atoms with E-state index in [4.69, 9.17) is 4.74 Å². The normalized spacial score (nSPS) is 24.5. The van der Waals surface area contributed by atoms with E-state index < -0.39 is 0 Å². The first-order valence-corrected chi connectivity index (χ1v) is 7.56. The van der Waals surface area contributed by atoms with Crippen molar-refractivity contribution in [1.82, 2.24) is 4.90 Å². The standard InChI is InChI=1S/C15H25NO3/c1-19-15(18)13-9-10-16(11-13)14(17)8-7-12-5-3-2-4-6-12/h12-13H,2-11H2,1H3. The van der Waals surface area contributed by atoms with Crippen molar-refractivity contribution in [3.63, 3.8) is 0 Å². The topological polar surface area (TPSA) is 46.6 Å². The van der Waals surface area contributed by atoms with Crippen LogP contribution in [0.1, 0.15) is 51.4 Å². The van der Waals surface area contributed by atoms with E-state index in [1.165, 1.54) is 39.2 Å². The van der Waals surface area contributed by atoms with Gasteiger partial charge in [0.2, 0.25) is 5.91 Å². The summed E-state index contributed by atoms with van der Waals surface area (Å²) in [5, 5.41) is 0. The molecular weight excluding hydrogens is 242 g/mol. The zero-order chi connectivity index (χ0) is 13.7. The van der Waals surface area contributed by atoms with E-state index in [9.17, 15) is 9.59 Å². The second-order valence-electron chi connectivity index (χ2n) is 5.89. The summed E-state index contributed by atoms with van der Waals surface area (Å²) in [6, 6.07) is 0. The third kappa shape index (κ3) is 3.95. The molecule has 0 bridgehead atoms. The first kappa shape index (κ1) is 14.4. The zero-order valence-corrected chi connectivity index (χ0v) is 11.9. The minimum atomic E-state index is -0.178. The molecule has 2 fully saturated rings. The van der Waals surface area contributed by atoms with Gasteiger partial charge in [-0.05, 0) is 18.8 Å². The maximum absolute atomic E-state index is 12.1. The Morgan fingerprint density at radius 1 is 1.16 bits per heavy atom. The molecule has 1 saturated heterocycles. The number of likely N-dealkylation sites (tertiary alicyclic amines) is 1. The Bertz CT molecular complexity index is 323. The summed E-state index contributed by atoms with van der Waals surface area (Å²) >= 11 is 0. The lowest BCUT2D eigenvalue weighted by Gasteiger charge is -2.22. The Hall–Kier alpha value is -1.06. The minimum Gasteiger partial charge on any atom is -0.469 e. The molecule has 1 unspecified atom stereocenters. The van der Waals surface area contributed by atoms with Gasteiger partial charge in [0.15, 0.2) is 0 Å². The summed E-state index contributed by atoms with van der Waals surface area (Å²) in [6.07, 6.45) is 9.02. The van der Waals surface area contributed by atoms with E-state index in [0.29, 0.717) is 19.5 Å². The highest BCUT2D eigenvalue weighted by molar-refractivity contribution is 5.79. The van der Waals surface area contributed by atoms with Gasteiger partial charge < -0.3 is 9.64 Å². The van der Waals surface area contributed by atoms with Crippen LogP contribution >= 0.6 is 0 Å². The molecule has 4 heteroatoms. The van der Waals surface area contributed by atoms with Crippen molar-refractivity contribution in [2.24, 2.45) is 11.8 Å². The molecular formula is C15H25NO3. The molecule has 108 valence electrons. The quantitative estimate of drug-likeness (QED) is 0.735. The summed E-state index contributed by atoms with van der Waals surface area (Å²) in [5.74, 6) is 0.680. The van der Waals surface area contributed by atoms with E-state index in [1.54, 1.807) is 0 Å². The molecule has 1 saturated carbocycles. The van der Waals surface area contributed by atoms with E-state index in [0.717, 1.165) is 18.8 Å². The Morgan fingerprint density at radius 2 is 1.89 bits per heavy atom. The van der Waals surface area contributed by atoms with Gasteiger partial charge in [-0.25, -0.2) is 0 Å². The van der Waals surface area contributed by atoms with Crippen LogP contribution in [0.3, 0.4) is 0 Å². The van der Waals surface area contributed by atoms with Crippen LogP contribution in [0.2, 0.25) is 0 Å². The number of amides is 1. The van der Waals surface area contributed by atoms with E-state index >= 15 is 0 Å². The van der Waals surface area contributed by atoms with Gasteiger partial charge in [-0.1, -0.05) is 32.1 Å². The van der Waals surface area contributed by atoms with Crippen molar-refractivity contribution in [3.8, 4) is 0 Å². The van der Waals surface area contributed by atoms with Crippen LogP contribution in [-0.2, 0) is 14.3 Å². The van der Waals surface area contributed by atoms with Gasteiger partial charge >= 0.3 is 5.97 Å². The van der Waals surface area contributed by atoms with Gasteiger partial charge in [0.05, 0.1) is 13.0 Å². The molecule has 1 aliphatic heterocycles. The molecule has 1 amide bonds. The molecule has 2 rings (SSSR count). The molecule has 1 atom stereocenters. The molecule has 1 heterocycles. The van der Waals surface area contributed by atoms with E-state index in [2.05, 4.69) is 0 Å². The zero-order valence-electron chi connectivity index (χ0n) is 11.9. The van der Waals surface area contributed by atoms with Crippen LogP contribution in [0.15, 0.2) is 0 Å². The first-order valence-electron chi connectivity index (χ1n) is 7.56. The molecule has 0 N–H and O–H groups in total. The van der Waals surface area contributed by atoms with Crippen molar-refractivity contribution in [2.75, 3.05) is 20.2 Å². The van der Waals surface area contributed by atoms with Crippen LogP contribution in [0.25, 0.3) is 0 Å².